The number of carbonyl (C=O) groups is 2. The van der Waals surface area contributed by atoms with E-state index in [9.17, 15) is 9.59 Å². The van der Waals surface area contributed by atoms with Gasteiger partial charge in [-0.15, -0.1) is 0 Å². The van der Waals surface area contributed by atoms with Crippen molar-refractivity contribution in [2.45, 2.75) is 19.8 Å². The first-order valence-corrected chi connectivity index (χ1v) is 7.78. The molecule has 0 aliphatic rings. The number of aryl methyl sites for hydroxylation is 1. The van der Waals surface area contributed by atoms with Crippen molar-refractivity contribution in [1.29, 1.82) is 0 Å². The van der Waals surface area contributed by atoms with E-state index in [4.69, 9.17) is 9.84 Å². The molecule has 2 aromatic carbocycles. The van der Waals surface area contributed by atoms with Crippen LogP contribution in [0.1, 0.15) is 28.8 Å². The summed E-state index contributed by atoms with van der Waals surface area (Å²) in [7, 11) is 1.66. The van der Waals surface area contributed by atoms with Gasteiger partial charge in [-0.3, -0.25) is 9.59 Å². The number of hydrogen-bond donors (Lipinski definition) is 1. The number of rotatable bonds is 7. The molecule has 0 fully saturated rings. The number of ether oxygens (including phenoxy) is 1. The lowest BCUT2D eigenvalue weighted by Gasteiger charge is -2.19. The predicted octanol–water partition coefficient (Wildman–Crippen LogP) is 3.72. The molecule has 0 aliphatic heterocycles. The molecule has 0 unspecified atom stereocenters. The van der Waals surface area contributed by atoms with E-state index in [1.807, 2.05) is 37.3 Å². The summed E-state index contributed by atoms with van der Waals surface area (Å²) >= 11 is 0. The van der Waals surface area contributed by atoms with Crippen molar-refractivity contribution in [1.82, 2.24) is 4.90 Å². The van der Waals surface area contributed by atoms with Crippen molar-refractivity contribution in [2.24, 2.45) is 0 Å². The lowest BCUT2D eigenvalue weighted by molar-refractivity contribution is -0.137. The molecule has 1 N–H and O–H groups in total. The van der Waals surface area contributed by atoms with Crippen LogP contribution in [-0.2, 0) is 4.79 Å². The number of benzene rings is 2. The number of aliphatic carboxylic acids is 1. The van der Waals surface area contributed by atoms with Crippen molar-refractivity contribution in [3.05, 3.63) is 59.7 Å². The molecule has 0 radical (unpaired) electrons. The summed E-state index contributed by atoms with van der Waals surface area (Å²) in [6, 6.07) is 14.7. The molecular weight excluding hydrogens is 306 g/mol. The minimum Gasteiger partial charge on any atom is -0.481 e. The second kappa shape index (κ2) is 8.15. The van der Waals surface area contributed by atoms with Crippen molar-refractivity contribution in [3.63, 3.8) is 0 Å². The van der Waals surface area contributed by atoms with Crippen LogP contribution in [0.5, 0.6) is 11.5 Å². The normalized spacial score (nSPS) is 10.2. The van der Waals surface area contributed by atoms with E-state index < -0.39 is 5.97 Å². The third-order valence-electron chi connectivity index (χ3n) is 3.57. The number of para-hydroxylation sites is 1. The number of carboxylic acid groups (broad SMARTS) is 1. The quantitative estimate of drug-likeness (QED) is 0.841. The Morgan fingerprint density at radius 2 is 1.88 bits per heavy atom. The zero-order chi connectivity index (χ0) is 17.5. The highest BCUT2D eigenvalue weighted by atomic mass is 16.5. The van der Waals surface area contributed by atoms with E-state index in [0.29, 0.717) is 30.0 Å². The lowest BCUT2D eigenvalue weighted by atomic mass is 10.1. The number of carboxylic acids is 1. The molecule has 0 spiro atoms. The maximum atomic E-state index is 12.6. The number of hydrogen-bond acceptors (Lipinski definition) is 3. The minimum atomic E-state index is -0.862. The number of amides is 1. The summed E-state index contributed by atoms with van der Waals surface area (Å²) in [6.45, 7) is 2.35. The Hall–Kier alpha value is -2.82. The van der Waals surface area contributed by atoms with Crippen molar-refractivity contribution in [2.75, 3.05) is 13.6 Å². The van der Waals surface area contributed by atoms with Gasteiger partial charge in [-0.2, -0.15) is 0 Å². The topological polar surface area (TPSA) is 66.8 Å². The molecule has 0 bridgehead atoms. The summed E-state index contributed by atoms with van der Waals surface area (Å²) in [5.74, 6) is 0.102. The average Bonchev–Trinajstić information content (AvgIpc) is 2.54. The van der Waals surface area contributed by atoms with Crippen LogP contribution in [0.15, 0.2) is 48.5 Å². The summed E-state index contributed by atoms with van der Waals surface area (Å²) in [4.78, 5) is 24.7. The van der Waals surface area contributed by atoms with Crippen molar-refractivity contribution in [3.8, 4) is 11.5 Å². The van der Waals surface area contributed by atoms with Crippen LogP contribution in [0, 0.1) is 6.92 Å². The van der Waals surface area contributed by atoms with Crippen LogP contribution in [0.4, 0.5) is 0 Å². The predicted molar refractivity (Wildman–Crippen MR) is 91.5 cm³/mol. The van der Waals surface area contributed by atoms with Crippen LogP contribution in [-0.4, -0.2) is 35.5 Å². The van der Waals surface area contributed by atoms with E-state index in [1.54, 1.807) is 25.2 Å². The van der Waals surface area contributed by atoms with E-state index in [2.05, 4.69) is 0 Å². The smallest absolute Gasteiger partial charge is 0.303 e. The molecular formula is C19H21NO4. The van der Waals surface area contributed by atoms with Gasteiger partial charge in [0.25, 0.3) is 5.91 Å². The van der Waals surface area contributed by atoms with Gasteiger partial charge in [-0.25, -0.2) is 0 Å². The first-order chi connectivity index (χ1) is 11.5. The Morgan fingerprint density at radius 3 is 2.58 bits per heavy atom. The number of carbonyl (C=O) groups excluding carboxylic acids is 1. The van der Waals surface area contributed by atoms with Gasteiger partial charge in [0.05, 0.1) is 5.56 Å². The van der Waals surface area contributed by atoms with Gasteiger partial charge >= 0.3 is 5.97 Å². The Balaban J connectivity index is 2.12. The fourth-order valence-electron chi connectivity index (χ4n) is 2.31. The Bertz CT molecular complexity index is 727. The molecule has 0 aromatic heterocycles. The second-order valence-electron chi connectivity index (χ2n) is 5.64. The maximum Gasteiger partial charge on any atom is 0.303 e. The first-order valence-electron chi connectivity index (χ1n) is 7.78. The average molecular weight is 327 g/mol. The fraction of sp³-hybridized carbons (Fsp3) is 0.263. The Kier molecular flexibility index (Phi) is 5.95. The largest absolute Gasteiger partial charge is 0.481 e. The Morgan fingerprint density at radius 1 is 1.12 bits per heavy atom. The molecule has 2 aromatic rings. The van der Waals surface area contributed by atoms with Crippen LogP contribution in [0.25, 0.3) is 0 Å². The van der Waals surface area contributed by atoms with E-state index in [1.165, 1.54) is 4.90 Å². The molecule has 126 valence electrons. The second-order valence-corrected chi connectivity index (χ2v) is 5.64. The third kappa shape index (κ3) is 4.84. The zero-order valence-electron chi connectivity index (χ0n) is 13.9. The van der Waals surface area contributed by atoms with Crippen molar-refractivity contribution < 1.29 is 19.4 Å². The molecule has 5 heteroatoms. The molecule has 5 nitrogen and oxygen atoms in total. The molecule has 0 saturated carbocycles. The highest BCUT2D eigenvalue weighted by Crippen LogP contribution is 2.26. The third-order valence-corrected chi connectivity index (χ3v) is 3.57. The van der Waals surface area contributed by atoms with Gasteiger partial charge in [0.2, 0.25) is 0 Å². The molecule has 0 atom stereocenters. The SMILES string of the molecule is Cc1cccc(Oc2ccccc2C(=O)N(C)CCCC(=O)O)c1. The fourth-order valence-corrected chi connectivity index (χ4v) is 2.31. The van der Waals surface area contributed by atoms with Gasteiger partial charge in [0.15, 0.2) is 0 Å². The molecule has 2 rings (SSSR count). The highest BCUT2D eigenvalue weighted by molar-refractivity contribution is 5.96. The molecule has 0 saturated heterocycles. The monoisotopic (exact) mass is 327 g/mol. The van der Waals surface area contributed by atoms with Crippen LogP contribution < -0.4 is 4.74 Å². The minimum absolute atomic E-state index is 0.0407. The maximum absolute atomic E-state index is 12.6. The van der Waals surface area contributed by atoms with Gasteiger partial charge < -0.3 is 14.7 Å². The summed E-state index contributed by atoms with van der Waals surface area (Å²) in [6.07, 6.45) is 0.456. The van der Waals surface area contributed by atoms with Gasteiger partial charge in [-0.05, 0) is 43.2 Å². The molecule has 24 heavy (non-hydrogen) atoms. The summed E-state index contributed by atoms with van der Waals surface area (Å²) in [5.41, 5.74) is 1.53. The summed E-state index contributed by atoms with van der Waals surface area (Å²) in [5, 5.41) is 8.69. The van der Waals surface area contributed by atoms with Gasteiger partial charge in [0, 0.05) is 20.0 Å². The van der Waals surface area contributed by atoms with Crippen LogP contribution in [0.3, 0.4) is 0 Å². The van der Waals surface area contributed by atoms with E-state index in [0.717, 1.165) is 5.56 Å². The van der Waals surface area contributed by atoms with E-state index >= 15 is 0 Å². The standard InChI is InChI=1S/C19H21NO4/c1-14-7-5-8-15(13-14)24-17-10-4-3-9-16(17)19(23)20(2)12-6-11-18(21)22/h3-5,7-10,13H,6,11-12H2,1-2H3,(H,21,22). The molecule has 1 amide bonds. The van der Waals surface area contributed by atoms with Crippen molar-refractivity contribution >= 4 is 11.9 Å². The van der Waals surface area contributed by atoms with E-state index in [-0.39, 0.29) is 12.3 Å². The number of nitrogens with zero attached hydrogens (tertiary/aromatic N) is 1. The first kappa shape index (κ1) is 17.5. The van der Waals surface area contributed by atoms with Gasteiger partial charge in [-0.1, -0.05) is 24.3 Å². The van der Waals surface area contributed by atoms with Gasteiger partial charge in [0.1, 0.15) is 11.5 Å². The zero-order valence-corrected chi connectivity index (χ0v) is 13.9. The lowest BCUT2D eigenvalue weighted by Crippen LogP contribution is -2.28. The Labute approximate surface area is 141 Å². The molecule has 0 heterocycles. The molecule has 0 aliphatic carbocycles. The van der Waals surface area contributed by atoms with Crippen LogP contribution >= 0.6 is 0 Å². The summed E-state index contributed by atoms with van der Waals surface area (Å²) < 4.78 is 5.86. The van der Waals surface area contributed by atoms with Crippen LogP contribution in [0.2, 0.25) is 0 Å². The highest BCUT2D eigenvalue weighted by Gasteiger charge is 2.17.